The van der Waals surface area contributed by atoms with Gasteiger partial charge >= 0.3 is 0 Å². The molecule has 1 aliphatic rings. The van der Waals surface area contributed by atoms with Crippen molar-refractivity contribution in [2.45, 2.75) is 13.0 Å². The first-order chi connectivity index (χ1) is 15.8. The highest BCUT2D eigenvalue weighted by Gasteiger charge is 2.18. The van der Waals surface area contributed by atoms with Crippen LogP contribution < -0.4 is 5.32 Å². The van der Waals surface area contributed by atoms with Crippen LogP contribution in [0, 0.1) is 0 Å². The van der Waals surface area contributed by atoms with Crippen LogP contribution in [0.2, 0.25) is 0 Å². The monoisotopic (exact) mass is 431 g/mol. The minimum Gasteiger partial charge on any atom is -0.379 e. The largest absolute Gasteiger partial charge is 0.379 e. The maximum absolute atomic E-state index is 12.6. The molecule has 9 nitrogen and oxygen atoms in total. The first kappa shape index (κ1) is 20.3. The van der Waals surface area contributed by atoms with Crippen molar-refractivity contribution in [3.05, 3.63) is 78.4 Å². The smallest absolute Gasteiger partial charge is 0.271 e. The molecule has 0 aromatic carbocycles. The Balaban J connectivity index is 1.32. The average Bonchev–Trinajstić information content (AvgIpc) is 3.46. The summed E-state index contributed by atoms with van der Waals surface area (Å²) in [5, 5.41) is 2.93. The molecule has 0 atom stereocenters. The molecule has 0 bridgehead atoms. The molecule has 1 saturated heterocycles. The van der Waals surface area contributed by atoms with E-state index in [9.17, 15) is 4.79 Å². The molecule has 1 amide bonds. The van der Waals surface area contributed by atoms with Gasteiger partial charge in [-0.3, -0.25) is 23.6 Å². The molecule has 0 unspecified atom stereocenters. The molecule has 4 aromatic rings. The van der Waals surface area contributed by atoms with E-state index in [4.69, 9.17) is 9.72 Å². The molecule has 5 rings (SSSR count). The molecule has 5 heterocycles. The van der Waals surface area contributed by atoms with E-state index in [0.29, 0.717) is 18.2 Å². The van der Waals surface area contributed by atoms with E-state index in [-0.39, 0.29) is 5.91 Å². The Morgan fingerprint density at radius 1 is 1.12 bits per heavy atom. The van der Waals surface area contributed by atoms with Gasteiger partial charge in [0.15, 0.2) is 0 Å². The predicted molar refractivity (Wildman–Crippen MR) is 119 cm³/mol. The zero-order valence-electron chi connectivity index (χ0n) is 17.7. The van der Waals surface area contributed by atoms with Gasteiger partial charge in [0.25, 0.3) is 5.91 Å². The van der Waals surface area contributed by atoms with Crippen LogP contribution in [0.1, 0.15) is 21.7 Å². The van der Waals surface area contributed by atoms with E-state index in [2.05, 4.69) is 26.3 Å². The molecule has 0 radical (unpaired) electrons. The van der Waals surface area contributed by atoms with Gasteiger partial charge in [0.05, 0.1) is 24.4 Å². The first-order valence-electron chi connectivity index (χ1n) is 10.8. The van der Waals surface area contributed by atoms with E-state index >= 15 is 0 Å². The van der Waals surface area contributed by atoms with E-state index in [0.717, 1.165) is 56.0 Å². The number of hydrogen-bond donors (Lipinski definition) is 1. The number of nitrogens with zero attached hydrogens (tertiary/aromatic N) is 6. The number of rotatable bonds is 7. The summed E-state index contributed by atoms with van der Waals surface area (Å²) >= 11 is 0. The minimum atomic E-state index is -0.202. The third-order valence-corrected chi connectivity index (χ3v) is 5.58. The van der Waals surface area contributed by atoms with Crippen molar-refractivity contribution >= 4 is 11.4 Å². The standard InChI is InChI=1S/C23H25N7O2/c31-22(25-9-6-18-4-7-24-8-5-18)20-16-29(17-26-20)23-27-19(15-28-11-13-32-14-12-28)21-3-1-2-10-30(21)23/h1-5,7-8,10,16-17H,6,9,11-15H2,(H,25,31). The second-order valence-corrected chi connectivity index (χ2v) is 7.73. The van der Waals surface area contributed by atoms with Gasteiger partial charge in [0, 0.05) is 51.0 Å². The van der Waals surface area contributed by atoms with Crippen molar-refractivity contribution in [3.63, 3.8) is 0 Å². The Bertz CT molecular complexity index is 1200. The number of carbonyl (C=O) groups excluding carboxylic acids is 1. The van der Waals surface area contributed by atoms with E-state index in [1.807, 2.05) is 34.9 Å². The van der Waals surface area contributed by atoms with Crippen molar-refractivity contribution in [1.82, 2.24) is 34.1 Å². The third kappa shape index (κ3) is 4.39. The van der Waals surface area contributed by atoms with Gasteiger partial charge in [-0.05, 0) is 36.2 Å². The van der Waals surface area contributed by atoms with Crippen LogP contribution in [0.15, 0.2) is 61.4 Å². The van der Waals surface area contributed by atoms with Gasteiger partial charge in [-0.2, -0.15) is 0 Å². The number of fused-ring (bicyclic) bond motifs is 1. The molecule has 32 heavy (non-hydrogen) atoms. The molecule has 9 heteroatoms. The second kappa shape index (κ2) is 9.29. The van der Waals surface area contributed by atoms with E-state index in [1.54, 1.807) is 29.5 Å². The molecule has 0 saturated carbocycles. The van der Waals surface area contributed by atoms with Crippen LogP contribution in [0.5, 0.6) is 0 Å². The number of pyridine rings is 2. The van der Waals surface area contributed by atoms with E-state index in [1.165, 1.54) is 0 Å². The summed E-state index contributed by atoms with van der Waals surface area (Å²) in [7, 11) is 0. The number of hydrogen-bond acceptors (Lipinski definition) is 6. The zero-order chi connectivity index (χ0) is 21.8. The predicted octanol–water partition coefficient (Wildman–Crippen LogP) is 1.72. The molecule has 0 aliphatic carbocycles. The fourth-order valence-corrected chi connectivity index (χ4v) is 3.86. The Morgan fingerprint density at radius 2 is 1.97 bits per heavy atom. The second-order valence-electron chi connectivity index (χ2n) is 7.73. The maximum atomic E-state index is 12.6. The lowest BCUT2D eigenvalue weighted by atomic mass is 10.2. The summed E-state index contributed by atoms with van der Waals surface area (Å²) in [6.45, 7) is 4.59. The molecule has 1 fully saturated rings. The molecular formula is C23H25N7O2. The van der Waals surface area contributed by atoms with Crippen LogP contribution >= 0.6 is 0 Å². The number of imidazole rings is 2. The summed E-state index contributed by atoms with van der Waals surface area (Å²) in [4.78, 5) is 28.1. The lowest BCUT2D eigenvalue weighted by Gasteiger charge is -2.25. The topological polar surface area (TPSA) is 89.6 Å². The Morgan fingerprint density at radius 3 is 2.81 bits per heavy atom. The fourth-order valence-electron chi connectivity index (χ4n) is 3.86. The summed E-state index contributed by atoms with van der Waals surface area (Å²) in [5.74, 6) is 0.513. The molecule has 4 aromatic heterocycles. The Hall–Kier alpha value is -3.56. The number of carbonyl (C=O) groups is 1. The average molecular weight is 432 g/mol. The van der Waals surface area contributed by atoms with Crippen molar-refractivity contribution in [2.24, 2.45) is 0 Å². The van der Waals surface area contributed by atoms with Gasteiger partial charge in [0.1, 0.15) is 12.0 Å². The Kier molecular flexibility index (Phi) is 5.91. The lowest BCUT2D eigenvalue weighted by molar-refractivity contribution is 0.0339. The molecule has 164 valence electrons. The van der Waals surface area contributed by atoms with Gasteiger partial charge in [0.2, 0.25) is 5.95 Å². The number of aromatic nitrogens is 5. The van der Waals surface area contributed by atoms with Gasteiger partial charge < -0.3 is 10.1 Å². The number of amides is 1. The zero-order valence-corrected chi connectivity index (χ0v) is 17.7. The number of nitrogens with one attached hydrogen (secondary N) is 1. The van der Waals surface area contributed by atoms with Crippen molar-refractivity contribution in [1.29, 1.82) is 0 Å². The lowest BCUT2D eigenvalue weighted by Crippen LogP contribution is -2.35. The Labute approximate surface area is 185 Å². The maximum Gasteiger partial charge on any atom is 0.271 e. The van der Waals surface area contributed by atoms with Gasteiger partial charge in [-0.1, -0.05) is 6.07 Å². The summed E-state index contributed by atoms with van der Waals surface area (Å²) < 4.78 is 9.29. The van der Waals surface area contributed by atoms with Crippen molar-refractivity contribution in [2.75, 3.05) is 32.8 Å². The molecule has 0 spiro atoms. The van der Waals surface area contributed by atoms with Crippen LogP contribution in [0.25, 0.3) is 11.5 Å². The van der Waals surface area contributed by atoms with Gasteiger partial charge in [-0.25, -0.2) is 9.97 Å². The third-order valence-electron chi connectivity index (χ3n) is 5.58. The normalized spacial score (nSPS) is 14.6. The first-order valence-corrected chi connectivity index (χ1v) is 10.8. The fraction of sp³-hybridized carbons (Fsp3) is 0.304. The SMILES string of the molecule is O=C(NCCc1ccncc1)c1cn(-c2nc(CN3CCOCC3)c3ccccn23)cn1. The van der Waals surface area contributed by atoms with Crippen LogP contribution in [-0.4, -0.2) is 67.6 Å². The molecule has 1 N–H and O–H groups in total. The van der Waals surface area contributed by atoms with Crippen LogP contribution in [0.3, 0.4) is 0 Å². The van der Waals surface area contributed by atoms with Crippen molar-refractivity contribution in [3.8, 4) is 5.95 Å². The van der Waals surface area contributed by atoms with Crippen molar-refractivity contribution < 1.29 is 9.53 Å². The molecular weight excluding hydrogens is 406 g/mol. The highest BCUT2D eigenvalue weighted by Crippen LogP contribution is 2.19. The highest BCUT2D eigenvalue weighted by atomic mass is 16.5. The van der Waals surface area contributed by atoms with Crippen LogP contribution in [-0.2, 0) is 17.7 Å². The summed E-state index contributed by atoms with van der Waals surface area (Å²) in [6.07, 6.45) is 9.59. The minimum absolute atomic E-state index is 0.202. The quantitative estimate of drug-likeness (QED) is 0.479. The summed E-state index contributed by atoms with van der Waals surface area (Å²) in [5.41, 5.74) is 3.54. The number of morpholine rings is 1. The number of ether oxygens (including phenoxy) is 1. The highest BCUT2D eigenvalue weighted by molar-refractivity contribution is 5.92. The van der Waals surface area contributed by atoms with Crippen LogP contribution in [0.4, 0.5) is 0 Å². The van der Waals surface area contributed by atoms with E-state index < -0.39 is 0 Å². The summed E-state index contributed by atoms with van der Waals surface area (Å²) in [6, 6.07) is 9.94. The molecule has 1 aliphatic heterocycles. The van der Waals surface area contributed by atoms with Gasteiger partial charge in [-0.15, -0.1) is 0 Å².